The third-order valence-corrected chi connectivity index (χ3v) is 3.24. The molecule has 0 fully saturated rings. The Morgan fingerprint density at radius 3 is 2.43 bits per heavy atom. The molecule has 23 heavy (non-hydrogen) atoms. The normalized spacial score (nSPS) is 11.4. The molecule has 0 saturated heterocycles. The van der Waals surface area contributed by atoms with E-state index in [1.165, 1.54) is 18.3 Å². The van der Waals surface area contributed by atoms with Crippen molar-refractivity contribution in [2.24, 2.45) is 4.99 Å². The highest BCUT2D eigenvalue weighted by atomic mass is 19.1. The van der Waals surface area contributed by atoms with E-state index in [4.69, 9.17) is 0 Å². The maximum absolute atomic E-state index is 12.8. The largest absolute Gasteiger partial charge is 0.272 e. The summed E-state index contributed by atoms with van der Waals surface area (Å²) in [5, 5.41) is 4.73. The molecule has 0 bridgehead atoms. The first-order chi connectivity index (χ1) is 11.2. The van der Waals surface area contributed by atoms with E-state index in [9.17, 15) is 9.18 Å². The van der Waals surface area contributed by atoms with E-state index in [0.29, 0.717) is 5.36 Å². The number of halogens is 1. The third kappa shape index (κ3) is 3.97. The maximum Gasteiger partial charge on any atom is 0.250 e. The first-order valence-corrected chi connectivity index (χ1v) is 7.13. The lowest BCUT2D eigenvalue weighted by Gasteiger charge is -2.03. The van der Waals surface area contributed by atoms with Gasteiger partial charge in [0.25, 0.3) is 5.91 Å². The first-order valence-electron chi connectivity index (χ1n) is 7.13. The number of nitrogens with zero attached hydrogens (tertiary/aromatic N) is 3. The number of hydrogen-bond donors (Lipinski definition) is 0. The molecule has 5 heteroatoms. The van der Waals surface area contributed by atoms with Gasteiger partial charge in [0.1, 0.15) is 5.82 Å². The number of carbonyl (C=O) groups is 1. The van der Waals surface area contributed by atoms with Gasteiger partial charge in [0.2, 0.25) is 0 Å². The molecule has 0 spiro atoms. The number of amides is 1. The molecule has 4 nitrogen and oxygen atoms in total. The van der Waals surface area contributed by atoms with Crippen LogP contribution in [-0.2, 0) is 11.2 Å². The Morgan fingerprint density at radius 1 is 1.04 bits per heavy atom. The van der Waals surface area contributed by atoms with Crippen LogP contribution in [0.2, 0.25) is 0 Å². The summed E-state index contributed by atoms with van der Waals surface area (Å²) in [4.78, 5) is 15.9. The van der Waals surface area contributed by atoms with Crippen molar-refractivity contribution in [2.75, 3.05) is 0 Å². The fourth-order valence-corrected chi connectivity index (χ4v) is 2.11. The quantitative estimate of drug-likeness (QED) is 0.747. The molecule has 1 aromatic heterocycles. The van der Waals surface area contributed by atoms with Crippen LogP contribution in [0.5, 0.6) is 0 Å². The van der Waals surface area contributed by atoms with Crippen molar-refractivity contribution in [1.29, 1.82) is 0 Å². The molecular weight excluding hydrogens is 293 g/mol. The zero-order valence-corrected chi connectivity index (χ0v) is 12.3. The Morgan fingerprint density at radius 2 is 1.78 bits per heavy atom. The van der Waals surface area contributed by atoms with Gasteiger partial charge in [0, 0.05) is 6.20 Å². The van der Waals surface area contributed by atoms with Crippen molar-refractivity contribution >= 4 is 5.91 Å². The molecule has 0 aliphatic carbocycles. The summed E-state index contributed by atoms with van der Waals surface area (Å²) >= 11 is 0. The highest BCUT2D eigenvalue weighted by Crippen LogP contribution is 2.04. The second kappa shape index (κ2) is 6.79. The predicted octanol–water partition coefficient (Wildman–Crippen LogP) is 2.68. The molecular formula is C18H14FN3O. The van der Waals surface area contributed by atoms with E-state index < -0.39 is 0 Å². The highest BCUT2D eigenvalue weighted by Gasteiger charge is 2.02. The van der Waals surface area contributed by atoms with Gasteiger partial charge in [0.15, 0.2) is 0 Å². The zero-order valence-electron chi connectivity index (χ0n) is 12.3. The Hall–Kier alpha value is -3.08. The van der Waals surface area contributed by atoms with Crippen molar-refractivity contribution in [3.8, 4) is 5.69 Å². The van der Waals surface area contributed by atoms with E-state index >= 15 is 0 Å². The summed E-state index contributed by atoms with van der Waals surface area (Å²) in [5.74, 6) is -0.619. The smallest absolute Gasteiger partial charge is 0.250 e. The monoisotopic (exact) mass is 307 g/mol. The molecule has 1 amide bonds. The fraction of sp³-hybridized carbons (Fsp3) is 0.0556. The minimum atomic E-state index is -0.323. The van der Waals surface area contributed by atoms with Gasteiger partial charge in [-0.1, -0.05) is 30.3 Å². The molecule has 0 N–H and O–H groups in total. The summed E-state index contributed by atoms with van der Waals surface area (Å²) in [7, 11) is 0. The molecule has 1 heterocycles. The van der Waals surface area contributed by atoms with Crippen LogP contribution in [-0.4, -0.2) is 15.7 Å². The SMILES string of the molecule is O=C(Cc1ccc(F)cc1)/N=c1/ccn(-c2ccccc2)nc1. The first kappa shape index (κ1) is 14.8. The minimum Gasteiger partial charge on any atom is -0.272 e. The molecule has 3 aromatic rings. The molecule has 0 aliphatic heterocycles. The number of aromatic nitrogens is 2. The Bertz CT molecular complexity index is 850. The van der Waals surface area contributed by atoms with E-state index in [1.54, 1.807) is 29.1 Å². The highest BCUT2D eigenvalue weighted by molar-refractivity contribution is 5.79. The van der Waals surface area contributed by atoms with Gasteiger partial charge in [-0.25, -0.2) is 14.1 Å². The molecule has 3 rings (SSSR count). The number of para-hydroxylation sites is 1. The summed E-state index contributed by atoms with van der Waals surface area (Å²) < 4.78 is 14.5. The number of benzene rings is 2. The average Bonchev–Trinajstić information content (AvgIpc) is 2.58. The molecule has 0 radical (unpaired) electrons. The van der Waals surface area contributed by atoms with Crippen LogP contribution in [0.4, 0.5) is 4.39 Å². The number of rotatable bonds is 3. The lowest BCUT2D eigenvalue weighted by Crippen LogP contribution is -2.12. The third-order valence-electron chi connectivity index (χ3n) is 3.24. The lowest BCUT2D eigenvalue weighted by molar-refractivity contribution is -0.117. The van der Waals surface area contributed by atoms with Crippen LogP contribution >= 0.6 is 0 Å². The molecule has 0 atom stereocenters. The second-order valence-electron chi connectivity index (χ2n) is 4.97. The maximum atomic E-state index is 12.8. The van der Waals surface area contributed by atoms with E-state index in [-0.39, 0.29) is 18.1 Å². The summed E-state index contributed by atoms with van der Waals surface area (Å²) in [6.07, 6.45) is 3.42. The Balaban J connectivity index is 1.74. The van der Waals surface area contributed by atoms with Crippen LogP contribution in [0.15, 0.2) is 78.0 Å². The van der Waals surface area contributed by atoms with Crippen LogP contribution in [0, 0.1) is 5.82 Å². The summed E-state index contributed by atoms with van der Waals surface area (Å²) in [6, 6.07) is 17.2. The Labute approximate surface area is 132 Å². The molecule has 0 aliphatic rings. The van der Waals surface area contributed by atoms with Gasteiger partial charge in [0.05, 0.1) is 23.7 Å². The fourth-order valence-electron chi connectivity index (χ4n) is 2.11. The standard InChI is InChI=1S/C18H14FN3O/c19-15-8-6-14(7-9-15)12-18(23)21-16-10-11-22(20-13-16)17-4-2-1-3-5-17/h1-11,13H,12H2/b21-16-. The van der Waals surface area contributed by atoms with Crippen LogP contribution in [0.25, 0.3) is 5.69 Å². The van der Waals surface area contributed by atoms with Gasteiger partial charge >= 0.3 is 0 Å². The summed E-state index contributed by atoms with van der Waals surface area (Å²) in [5.41, 5.74) is 1.65. The predicted molar refractivity (Wildman–Crippen MR) is 84.2 cm³/mol. The zero-order chi connectivity index (χ0) is 16.1. The summed E-state index contributed by atoms with van der Waals surface area (Å²) in [6.45, 7) is 0. The van der Waals surface area contributed by atoms with Crippen molar-refractivity contribution in [3.63, 3.8) is 0 Å². The second-order valence-corrected chi connectivity index (χ2v) is 4.97. The molecule has 0 unspecified atom stereocenters. The van der Waals surface area contributed by atoms with Gasteiger partial charge < -0.3 is 0 Å². The molecule has 114 valence electrons. The van der Waals surface area contributed by atoms with Crippen molar-refractivity contribution in [2.45, 2.75) is 6.42 Å². The van der Waals surface area contributed by atoms with Gasteiger partial charge in [-0.15, -0.1) is 0 Å². The van der Waals surface area contributed by atoms with Gasteiger partial charge in [-0.05, 0) is 35.9 Å². The molecule has 2 aromatic carbocycles. The van der Waals surface area contributed by atoms with Crippen molar-refractivity contribution in [3.05, 3.63) is 89.8 Å². The van der Waals surface area contributed by atoms with Gasteiger partial charge in [-0.2, -0.15) is 5.10 Å². The van der Waals surface area contributed by atoms with Crippen LogP contribution in [0.3, 0.4) is 0 Å². The van der Waals surface area contributed by atoms with E-state index in [2.05, 4.69) is 10.1 Å². The topological polar surface area (TPSA) is 47.2 Å². The van der Waals surface area contributed by atoms with Crippen LogP contribution in [0.1, 0.15) is 5.56 Å². The molecule has 0 saturated carbocycles. The number of hydrogen-bond acceptors (Lipinski definition) is 2. The minimum absolute atomic E-state index is 0.133. The van der Waals surface area contributed by atoms with Crippen LogP contribution < -0.4 is 5.36 Å². The number of carbonyl (C=O) groups excluding carboxylic acids is 1. The van der Waals surface area contributed by atoms with Crippen molar-refractivity contribution in [1.82, 2.24) is 9.78 Å². The van der Waals surface area contributed by atoms with Gasteiger partial charge in [-0.3, -0.25) is 4.79 Å². The lowest BCUT2D eigenvalue weighted by atomic mass is 10.1. The van der Waals surface area contributed by atoms with E-state index in [1.807, 2.05) is 30.3 Å². The van der Waals surface area contributed by atoms with Crippen molar-refractivity contribution < 1.29 is 9.18 Å². The average molecular weight is 307 g/mol. The van der Waals surface area contributed by atoms with E-state index in [0.717, 1.165) is 11.3 Å². The Kier molecular flexibility index (Phi) is 4.38.